The van der Waals surface area contributed by atoms with E-state index >= 15 is 4.39 Å². The van der Waals surface area contributed by atoms with Gasteiger partial charge in [-0.05, 0) is 70.9 Å². The maximum atomic E-state index is 15.2. The van der Waals surface area contributed by atoms with E-state index in [1.165, 1.54) is 18.3 Å². The van der Waals surface area contributed by atoms with Gasteiger partial charge in [0.15, 0.2) is 11.7 Å². The van der Waals surface area contributed by atoms with Crippen LogP contribution in [0.5, 0.6) is 11.5 Å². The van der Waals surface area contributed by atoms with E-state index in [1.807, 2.05) is 6.92 Å². The average Bonchev–Trinajstić information content (AvgIpc) is 2.90. The molecule has 13 heteroatoms. The molecule has 0 bridgehead atoms. The molecule has 2 aromatic rings. The number of imide groups is 2. The number of halogens is 1. The van der Waals surface area contributed by atoms with E-state index in [-0.39, 0.29) is 11.3 Å². The third kappa shape index (κ3) is 7.28. The van der Waals surface area contributed by atoms with Gasteiger partial charge in [-0.1, -0.05) is 0 Å². The molecule has 220 valence electrons. The molecule has 0 saturated carbocycles. The molecule has 2 fully saturated rings. The lowest BCUT2D eigenvalue weighted by molar-refractivity contribution is -0.149. The molecular formula is C28H33FN4O7S. The van der Waals surface area contributed by atoms with Gasteiger partial charge in [0.1, 0.15) is 22.1 Å². The Hall–Kier alpha value is -3.39. The number of carbonyl (C=O) groups is 4. The number of ketones is 1. The van der Waals surface area contributed by atoms with E-state index in [0.29, 0.717) is 31.8 Å². The highest BCUT2D eigenvalue weighted by atomic mass is 32.2. The number of nitrogens with one attached hydrogen (secondary N) is 2. The Labute approximate surface area is 240 Å². The first-order valence-electron chi connectivity index (χ1n) is 13.2. The van der Waals surface area contributed by atoms with Gasteiger partial charge in [0.05, 0.1) is 12.2 Å². The molecule has 4 rings (SSSR count). The highest BCUT2D eigenvalue weighted by Crippen LogP contribution is 2.32. The molecule has 3 heterocycles. The number of amides is 4. The molecule has 0 unspecified atom stereocenters. The van der Waals surface area contributed by atoms with Crippen molar-refractivity contribution in [1.82, 2.24) is 19.9 Å². The van der Waals surface area contributed by atoms with Crippen LogP contribution in [0.4, 0.5) is 9.18 Å². The van der Waals surface area contributed by atoms with Gasteiger partial charge >= 0.3 is 6.03 Å². The van der Waals surface area contributed by atoms with Crippen molar-refractivity contribution < 1.29 is 37.6 Å². The molecule has 4 amide bonds. The zero-order valence-electron chi connectivity index (χ0n) is 23.3. The lowest BCUT2D eigenvalue weighted by Crippen LogP contribution is -2.63. The van der Waals surface area contributed by atoms with Crippen LogP contribution in [-0.4, -0.2) is 62.1 Å². The Morgan fingerprint density at radius 3 is 2.54 bits per heavy atom. The van der Waals surface area contributed by atoms with Crippen LogP contribution in [0.25, 0.3) is 0 Å². The molecule has 2 N–H and O–H groups in total. The molecular weight excluding hydrogens is 555 g/mol. The molecule has 1 aromatic heterocycles. The minimum atomic E-state index is -1.82. The summed E-state index contributed by atoms with van der Waals surface area (Å²) in [5.41, 5.74) is 0.734. The van der Waals surface area contributed by atoms with Crippen LogP contribution in [0, 0.1) is 18.7 Å². The lowest BCUT2D eigenvalue weighted by atomic mass is 9.91. The zero-order chi connectivity index (χ0) is 29.9. The molecule has 0 radical (unpaired) electrons. The van der Waals surface area contributed by atoms with Gasteiger partial charge in [0.25, 0.3) is 5.91 Å². The molecule has 0 aliphatic carbocycles. The van der Waals surface area contributed by atoms with E-state index < -0.39 is 70.0 Å². The summed E-state index contributed by atoms with van der Waals surface area (Å²) < 4.78 is 41.4. The number of ether oxygens (including phenoxy) is 2. The second-order valence-corrected chi connectivity index (χ2v) is 12.9. The molecule has 2 aliphatic rings. The Morgan fingerprint density at radius 1 is 1.22 bits per heavy atom. The fourth-order valence-corrected chi connectivity index (χ4v) is 5.33. The Bertz CT molecular complexity index is 1310. The highest BCUT2D eigenvalue weighted by molar-refractivity contribution is 7.90. The van der Waals surface area contributed by atoms with Crippen LogP contribution in [0.15, 0.2) is 36.5 Å². The minimum Gasteiger partial charge on any atom is -0.598 e. The number of nitrogens with zero attached hydrogens (tertiary/aromatic N) is 2. The van der Waals surface area contributed by atoms with E-state index in [4.69, 9.17) is 9.47 Å². The molecule has 2 saturated heterocycles. The summed E-state index contributed by atoms with van der Waals surface area (Å²) in [5, 5.41) is 2.10. The van der Waals surface area contributed by atoms with Crippen molar-refractivity contribution in [2.75, 3.05) is 13.2 Å². The number of aromatic nitrogens is 1. The van der Waals surface area contributed by atoms with Crippen molar-refractivity contribution in [3.8, 4) is 11.5 Å². The van der Waals surface area contributed by atoms with Crippen LogP contribution in [0.2, 0.25) is 0 Å². The second kappa shape index (κ2) is 12.6. The summed E-state index contributed by atoms with van der Waals surface area (Å²) in [7, 11) is 0. The predicted octanol–water partition coefficient (Wildman–Crippen LogP) is 3.25. The quantitative estimate of drug-likeness (QED) is 0.332. The van der Waals surface area contributed by atoms with Gasteiger partial charge in [-0.25, -0.2) is 9.18 Å². The lowest BCUT2D eigenvalue weighted by Gasteiger charge is -2.37. The van der Waals surface area contributed by atoms with Crippen molar-refractivity contribution in [1.29, 1.82) is 0 Å². The molecule has 0 spiro atoms. The number of hydrogen-bond acceptors (Lipinski definition) is 9. The number of hydrogen-bond donors (Lipinski definition) is 2. The Balaban J connectivity index is 1.62. The van der Waals surface area contributed by atoms with Gasteiger partial charge in [0.2, 0.25) is 5.91 Å². The summed E-state index contributed by atoms with van der Waals surface area (Å²) in [5.74, 6) is -4.74. The molecule has 3 atom stereocenters. The van der Waals surface area contributed by atoms with Crippen LogP contribution >= 0.6 is 0 Å². The van der Waals surface area contributed by atoms with Crippen molar-refractivity contribution in [3.63, 3.8) is 0 Å². The van der Waals surface area contributed by atoms with Crippen LogP contribution in [0.1, 0.15) is 57.3 Å². The largest absolute Gasteiger partial charge is 0.598 e. The highest BCUT2D eigenvalue weighted by Gasteiger charge is 2.48. The topological polar surface area (TPSA) is 150 Å². The van der Waals surface area contributed by atoms with E-state index in [9.17, 15) is 23.7 Å². The molecule has 11 nitrogen and oxygen atoms in total. The first-order valence-corrected chi connectivity index (χ1v) is 14.4. The van der Waals surface area contributed by atoms with Gasteiger partial charge < -0.3 is 14.0 Å². The monoisotopic (exact) mass is 588 g/mol. The van der Waals surface area contributed by atoms with Gasteiger partial charge in [-0.3, -0.25) is 29.6 Å². The zero-order valence-corrected chi connectivity index (χ0v) is 24.1. The van der Waals surface area contributed by atoms with E-state index in [0.717, 1.165) is 16.7 Å². The predicted molar refractivity (Wildman–Crippen MR) is 147 cm³/mol. The number of rotatable bonds is 9. The summed E-state index contributed by atoms with van der Waals surface area (Å²) in [6, 6.07) is 4.74. The number of aryl methyl sites for hydroxylation is 1. The summed E-state index contributed by atoms with van der Waals surface area (Å²) in [4.78, 5) is 57.2. The van der Waals surface area contributed by atoms with Crippen molar-refractivity contribution >= 4 is 35.0 Å². The number of barbiturate groups is 1. The third-order valence-electron chi connectivity index (χ3n) is 6.75. The third-order valence-corrected chi connectivity index (χ3v) is 8.36. The number of Topliss-reactive ketones (excluding diaryl/α,β-unsaturated/α-hetero) is 1. The molecule has 1 aromatic carbocycles. The average molecular weight is 589 g/mol. The van der Waals surface area contributed by atoms with Gasteiger partial charge in [0, 0.05) is 48.3 Å². The summed E-state index contributed by atoms with van der Waals surface area (Å²) in [6.07, 6.45) is 1.69. The van der Waals surface area contributed by atoms with E-state index in [1.54, 1.807) is 32.9 Å². The van der Waals surface area contributed by atoms with Gasteiger partial charge in [-0.15, -0.1) is 4.72 Å². The molecule has 2 aliphatic heterocycles. The van der Waals surface area contributed by atoms with Crippen LogP contribution in [-0.2, 0) is 30.5 Å². The Kier molecular flexibility index (Phi) is 9.42. The summed E-state index contributed by atoms with van der Waals surface area (Å²) in [6.45, 7) is 7.57. The fraction of sp³-hybridized carbons (Fsp3) is 0.464. The first kappa shape index (κ1) is 30.6. The maximum Gasteiger partial charge on any atom is 0.331 e. The smallest absolute Gasteiger partial charge is 0.331 e. The SMILES string of the molecule is Cc1ccc(Oc2ccc(F)c([C@@H](CC(=O)[C@H]3C(=O)NC(=O)N(C4CCOCC4)C3=O)N[S@@+]([O-])C(C)(C)C)c2)cn1. The molecule has 41 heavy (non-hydrogen) atoms. The van der Waals surface area contributed by atoms with Crippen LogP contribution < -0.4 is 14.8 Å². The fourth-order valence-electron chi connectivity index (χ4n) is 4.51. The van der Waals surface area contributed by atoms with Gasteiger partial charge in [-0.2, -0.15) is 0 Å². The van der Waals surface area contributed by atoms with Crippen molar-refractivity contribution in [2.45, 2.75) is 63.8 Å². The number of carbonyl (C=O) groups excluding carboxylic acids is 4. The summed E-state index contributed by atoms with van der Waals surface area (Å²) >= 11 is -1.76. The Morgan fingerprint density at radius 2 is 1.90 bits per heavy atom. The standard InChI is InChI=1S/C28H33FN4O7S/c1-16-5-6-19(15-30-16)40-18-7-8-21(29)20(13-18)22(32-41(38)28(2,3)4)14-23(34)24-25(35)31-27(37)33(26(24)36)17-9-11-39-12-10-17/h5-8,13,15,17,22,24,32H,9-12,14H2,1-4H3,(H,31,35,37)/t22-,24+,41+/m1/s1. The van der Waals surface area contributed by atoms with Crippen molar-refractivity contribution in [3.05, 3.63) is 53.6 Å². The number of pyridine rings is 1. The second-order valence-electron chi connectivity index (χ2n) is 10.9. The van der Waals surface area contributed by atoms with Crippen molar-refractivity contribution in [2.24, 2.45) is 5.92 Å². The minimum absolute atomic E-state index is 0.0467. The van der Waals surface area contributed by atoms with E-state index in [2.05, 4.69) is 15.0 Å². The normalized spacial score (nSPS) is 20.0. The number of urea groups is 1. The first-order chi connectivity index (χ1) is 19.3. The number of benzene rings is 1. The maximum absolute atomic E-state index is 15.2. The van der Waals surface area contributed by atoms with Crippen LogP contribution in [0.3, 0.4) is 0 Å².